The van der Waals surface area contributed by atoms with Crippen molar-refractivity contribution >= 4 is 27.5 Å². The van der Waals surface area contributed by atoms with Gasteiger partial charge in [-0.05, 0) is 29.0 Å². The smallest absolute Gasteiger partial charge is 0.270 e. The Morgan fingerprint density at radius 3 is 2.00 bits per heavy atom. The summed E-state index contributed by atoms with van der Waals surface area (Å²) < 4.78 is 5.52. The van der Waals surface area contributed by atoms with Gasteiger partial charge in [-0.1, -0.05) is 54.6 Å². The number of ether oxygens (including phenoxy) is 1. The molecule has 0 radical (unpaired) electrons. The molecule has 1 aromatic heterocycles. The average Bonchev–Trinajstić information content (AvgIpc) is 2.82. The highest BCUT2D eigenvalue weighted by Crippen LogP contribution is 2.38. The lowest BCUT2D eigenvalue weighted by Gasteiger charge is -2.14. The Morgan fingerprint density at radius 1 is 0.774 bits per heavy atom. The number of methoxy groups -OCH3 is 1. The van der Waals surface area contributed by atoms with E-state index in [2.05, 4.69) is 0 Å². The highest BCUT2D eigenvalue weighted by molar-refractivity contribution is 5.97. The maximum absolute atomic E-state index is 11.4. The number of fused-ring (bicyclic) bond motifs is 2. The van der Waals surface area contributed by atoms with Crippen LogP contribution < -0.4 is 4.74 Å². The van der Waals surface area contributed by atoms with Crippen LogP contribution in [0.5, 0.6) is 5.75 Å². The van der Waals surface area contributed by atoms with Crippen LogP contribution in [0.25, 0.3) is 44.3 Å². The molecule has 0 saturated heterocycles. The van der Waals surface area contributed by atoms with Crippen molar-refractivity contribution in [2.24, 2.45) is 0 Å². The second-order valence-electron chi connectivity index (χ2n) is 7.12. The second kappa shape index (κ2) is 7.50. The van der Waals surface area contributed by atoms with Crippen LogP contribution in [0.2, 0.25) is 0 Å². The van der Waals surface area contributed by atoms with Crippen molar-refractivity contribution in [1.82, 2.24) is 9.97 Å². The van der Waals surface area contributed by atoms with E-state index in [0.29, 0.717) is 28.2 Å². The van der Waals surface area contributed by atoms with E-state index in [1.165, 1.54) is 19.2 Å². The Balaban J connectivity index is 1.87. The molecule has 0 amide bonds. The third-order valence-corrected chi connectivity index (χ3v) is 5.23. The van der Waals surface area contributed by atoms with Crippen molar-refractivity contribution in [3.63, 3.8) is 0 Å². The van der Waals surface area contributed by atoms with E-state index >= 15 is 0 Å². The molecule has 4 aromatic carbocycles. The van der Waals surface area contributed by atoms with Crippen LogP contribution in [0.15, 0.2) is 84.9 Å². The third-order valence-electron chi connectivity index (χ3n) is 5.23. The molecule has 0 saturated carbocycles. The Hall–Kier alpha value is -4.32. The highest BCUT2D eigenvalue weighted by atomic mass is 16.6. The monoisotopic (exact) mass is 407 g/mol. The SMILES string of the molecule is COc1ccc([N+](=O)[O-])cc1-c1nc2cc3ccccc3cc2nc1-c1ccccc1. The number of hydrogen-bond acceptors (Lipinski definition) is 5. The topological polar surface area (TPSA) is 78.2 Å². The first-order valence-electron chi connectivity index (χ1n) is 9.73. The molecular weight excluding hydrogens is 390 g/mol. The van der Waals surface area contributed by atoms with E-state index in [9.17, 15) is 10.1 Å². The van der Waals surface area contributed by atoms with Gasteiger partial charge in [0.2, 0.25) is 0 Å². The van der Waals surface area contributed by atoms with Crippen molar-refractivity contribution in [3.05, 3.63) is 95.0 Å². The van der Waals surface area contributed by atoms with Crippen molar-refractivity contribution < 1.29 is 9.66 Å². The van der Waals surface area contributed by atoms with Gasteiger partial charge in [0.1, 0.15) is 11.4 Å². The van der Waals surface area contributed by atoms with Crippen molar-refractivity contribution in [1.29, 1.82) is 0 Å². The minimum Gasteiger partial charge on any atom is -0.496 e. The van der Waals surface area contributed by atoms with Crippen molar-refractivity contribution in [2.45, 2.75) is 0 Å². The predicted octanol–water partition coefficient (Wildman–Crippen LogP) is 6.03. The normalized spacial score (nSPS) is 11.0. The fourth-order valence-corrected chi connectivity index (χ4v) is 3.72. The number of aromatic nitrogens is 2. The van der Waals surface area contributed by atoms with Gasteiger partial charge in [-0.15, -0.1) is 0 Å². The van der Waals surface area contributed by atoms with Gasteiger partial charge in [-0.25, -0.2) is 9.97 Å². The predicted molar refractivity (Wildman–Crippen MR) is 121 cm³/mol. The molecule has 150 valence electrons. The van der Waals surface area contributed by atoms with Gasteiger partial charge in [-0.3, -0.25) is 10.1 Å². The fourth-order valence-electron chi connectivity index (χ4n) is 3.72. The van der Waals surface area contributed by atoms with E-state index < -0.39 is 4.92 Å². The van der Waals surface area contributed by atoms with Crippen molar-refractivity contribution in [2.75, 3.05) is 7.11 Å². The molecule has 0 aliphatic rings. The quantitative estimate of drug-likeness (QED) is 0.206. The number of nitrogens with zero attached hydrogens (tertiary/aromatic N) is 3. The molecule has 0 N–H and O–H groups in total. The lowest BCUT2D eigenvalue weighted by atomic mass is 10.0. The number of hydrogen-bond donors (Lipinski definition) is 0. The lowest BCUT2D eigenvalue weighted by Crippen LogP contribution is -1.99. The molecule has 5 aromatic rings. The number of non-ortho nitro benzene ring substituents is 1. The molecular formula is C25H17N3O3. The summed E-state index contributed by atoms with van der Waals surface area (Å²) in [5.41, 5.74) is 4.01. The van der Waals surface area contributed by atoms with E-state index in [4.69, 9.17) is 14.7 Å². The maximum Gasteiger partial charge on any atom is 0.270 e. The number of nitro benzene ring substituents is 1. The van der Waals surface area contributed by atoms with Gasteiger partial charge < -0.3 is 4.74 Å². The zero-order valence-corrected chi connectivity index (χ0v) is 16.6. The summed E-state index contributed by atoms with van der Waals surface area (Å²) in [7, 11) is 1.54. The first kappa shape index (κ1) is 18.7. The van der Waals surface area contributed by atoms with Crippen LogP contribution in [-0.4, -0.2) is 22.0 Å². The van der Waals surface area contributed by atoms with Gasteiger partial charge in [0, 0.05) is 17.7 Å². The molecule has 5 rings (SSSR count). The minimum atomic E-state index is -0.423. The van der Waals surface area contributed by atoms with E-state index in [0.717, 1.165) is 21.9 Å². The summed E-state index contributed by atoms with van der Waals surface area (Å²) in [6.45, 7) is 0. The molecule has 0 atom stereocenters. The molecule has 31 heavy (non-hydrogen) atoms. The summed E-state index contributed by atoms with van der Waals surface area (Å²) >= 11 is 0. The largest absolute Gasteiger partial charge is 0.496 e. The summed E-state index contributed by atoms with van der Waals surface area (Å²) in [6, 6.07) is 26.2. The average molecular weight is 407 g/mol. The van der Waals surface area contributed by atoms with Gasteiger partial charge in [-0.2, -0.15) is 0 Å². The number of nitro groups is 1. The Morgan fingerprint density at radius 2 is 1.39 bits per heavy atom. The first-order valence-corrected chi connectivity index (χ1v) is 9.73. The van der Waals surface area contributed by atoms with Gasteiger partial charge >= 0.3 is 0 Å². The van der Waals surface area contributed by atoms with Crippen LogP contribution >= 0.6 is 0 Å². The zero-order valence-electron chi connectivity index (χ0n) is 16.6. The van der Waals surface area contributed by atoms with Gasteiger partial charge in [0.05, 0.1) is 34.3 Å². The van der Waals surface area contributed by atoms with Crippen LogP contribution in [0.4, 0.5) is 5.69 Å². The van der Waals surface area contributed by atoms with Crippen molar-refractivity contribution in [3.8, 4) is 28.3 Å². The fraction of sp³-hybridized carbons (Fsp3) is 0.0400. The summed E-state index contributed by atoms with van der Waals surface area (Å²) in [5, 5.41) is 13.5. The molecule has 6 heteroatoms. The lowest BCUT2D eigenvalue weighted by molar-refractivity contribution is -0.384. The molecule has 0 bridgehead atoms. The third kappa shape index (κ3) is 3.34. The molecule has 6 nitrogen and oxygen atoms in total. The van der Waals surface area contributed by atoms with Crippen LogP contribution in [-0.2, 0) is 0 Å². The Kier molecular flexibility index (Phi) is 4.52. The minimum absolute atomic E-state index is 0.0322. The molecule has 0 aliphatic heterocycles. The maximum atomic E-state index is 11.4. The summed E-state index contributed by atoms with van der Waals surface area (Å²) in [5.74, 6) is 0.497. The first-order chi connectivity index (χ1) is 15.1. The molecule has 0 unspecified atom stereocenters. The Bertz CT molecular complexity index is 1450. The number of rotatable bonds is 4. The standard InChI is InChI=1S/C25H17N3O3/c1-31-23-12-11-19(28(29)30)15-20(23)25-24(16-7-3-2-4-8-16)26-21-13-17-9-5-6-10-18(17)14-22(21)27-25/h2-15H,1H3. The molecule has 0 spiro atoms. The van der Waals surface area contributed by atoms with Crippen LogP contribution in [0, 0.1) is 10.1 Å². The summed E-state index contributed by atoms with van der Waals surface area (Å²) in [4.78, 5) is 20.9. The van der Waals surface area contributed by atoms with E-state index in [-0.39, 0.29) is 5.69 Å². The molecule has 1 heterocycles. The highest BCUT2D eigenvalue weighted by Gasteiger charge is 2.20. The molecule has 0 fully saturated rings. The van der Waals surface area contributed by atoms with Gasteiger partial charge in [0.25, 0.3) is 5.69 Å². The summed E-state index contributed by atoms with van der Waals surface area (Å²) in [6.07, 6.45) is 0. The zero-order chi connectivity index (χ0) is 21.4. The van der Waals surface area contributed by atoms with Gasteiger partial charge in [0.15, 0.2) is 0 Å². The molecule has 0 aliphatic carbocycles. The second-order valence-corrected chi connectivity index (χ2v) is 7.12. The van der Waals surface area contributed by atoms with E-state index in [1.54, 1.807) is 6.07 Å². The van der Waals surface area contributed by atoms with Crippen LogP contribution in [0.1, 0.15) is 0 Å². The van der Waals surface area contributed by atoms with Crippen LogP contribution in [0.3, 0.4) is 0 Å². The Labute approximate surface area is 177 Å². The number of benzene rings is 4. The van der Waals surface area contributed by atoms with E-state index in [1.807, 2.05) is 66.7 Å².